The van der Waals surface area contributed by atoms with Crippen molar-refractivity contribution in [1.82, 2.24) is 5.32 Å². The Bertz CT molecular complexity index is 128. The van der Waals surface area contributed by atoms with Crippen molar-refractivity contribution in [2.24, 2.45) is 11.8 Å². The zero-order valence-corrected chi connectivity index (χ0v) is 7.72. The van der Waals surface area contributed by atoms with E-state index in [0.29, 0.717) is 0 Å². The van der Waals surface area contributed by atoms with E-state index in [-0.39, 0.29) is 0 Å². The summed E-state index contributed by atoms with van der Waals surface area (Å²) in [6, 6.07) is 0. The third-order valence-corrected chi connectivity index (χ3v) is 2.80. The molecule has 2 fully saturated rings. The quantitative estimate of drug-likeness (QED) is 0.687. The molecule has 0 bridgehead atoms. The summed E-state index contributed by atoms with van der Waals surface area (Å²) < 4.78 is 5.66. The van der Waals surface area contributed by atoms with E-state index in [2.05, 4.69) is 5.32 Å². The van der Waals surface area contributed by atoms with Crippen molar-refractivity contribution in [2.75, 3.05) is 26.3 Å². The zero-order chi connectivity index (χ0) is 8.23. The molecule has 0 spiro atoms. The molecule has 2 heteroatoms. The molecule has 0 aromatic rings. The van der Waals surface area contributed by atoms with Crippen molar-refractivity contribution in [3.05, 3.63) is 0 Å². The summed E-state index contributed by atoms with van der Waals surface area (Å²) >= 11 is 0. The number of nitrogens with one attached hydrogen (secondary N) is 1. The fourth-order valence-corrected chi connectivity index (χ4v) is 1.75. The Kier molecular flexibility index (Phi) is 3.01. The highest BCUT2D eigenvalue weighted by Gasteiger charge is 2.22. The van der Waals surface area contributed by atoms with Gasteiger partial charge in [-0.25, -0.2) is 0 Å². The Morgan fingerprint density at radius 2 is 1.92 bits per heavy atom. The van der Waals surface area contributed by atoms with E-state index in [1.54, 1.807) is 0 Å². The molecular weight excluding hydrogens is 150 g/mol. The second kappa shape index (κ2) is 4.24. The van der Waals surface area contributed by atoms with Crippen molar-refractivity contribution >= 4 is 0 Å². The lowest BCUT2D eigenvalue weighted by atomic mass is 10.0. The van der Waals surface area contributed by atoms with E-state index >= 15 is 0 Å². The maximum Gasteiger partial charge on any atom is 0.0506 e. The van der Waals surface area contributed by atoms with Gasteiger partial charge in [-0.2, -0.15) is 0 Å². The molecule has 1 heterocycles. The molecule has 1 atom stereocenters. The van der Waals surface area contributed by atoms with Crippen LogP contribution in [0, 0.1) is 11.8 Å². The van der Waals surface area contributed by atoms with Crippen LogP contribution in [0.4, 0.5) is 0 Å². The maximum absolute atomic E-state index is 5.66. The third kappa shape index (κ3) is 2.76. The monoisotopic (exact) mass is 169 g/mol. The number of ether oxygens (including phenoxy) is 1. The molecule has 0 aromatic carbocycles. The molecule has 1 saturated heterocycles. The van der Waals surface area contributed by atoms with Crippen LogP contribution in [-0.4, -0.2) is 26.3 Å². The lowest BCUT2D eigenvalue weighted by Gasteiger charge is -2.22. The van der Waals surface area contributed by atoms with Crippen LogP contribution in [-0.2, 0) is 4.74 Å². The molecule has 2 nitrogen and oxygen atoms in total. The van der Waals surface area contributed by atoms with Gasteiger partial charge in [0.25, 0.3) is 0 Å². The fourth-order valence-electron chi connectivity index (χ4n) is 1.75. The van der Waals surface area contributed by atoms with Crippen molar-refractivity contribution < 1.29 is 4.74 Å². The molecule has 1 aliphatic carbocycles. The van der Waals surface area contributed by atoms with Crippen molar-refractivity contribution in [3.8, 4) is 0 Å². The Morgan fingerprint density at radius 3 is 2.58 bits per heavy atom. The predicted molar refractivity (Wildman–Crippen MR) is 49.1 cm³/mol. The topological polar surface area (TPSA) is 21.3 Å². The highest BCUT2D eigenvalue weighted by molar-refractivity contribution is 4.73. The minimum atomic E-state index is 0.789. The molecule has 70 valence electrons. The van der Waals surface area contributed by atoms with Gasteiger partial charge in [-0.1, -0.05) is 0 Å². The molecule has 2 aliphatic rings. The first-order chi connectivity index (χ1) is 5.95. The molecule has 1 saturated carbocycles. The molecule has 0 radical (unpaired) electrons. The van der Waals surface area contributed by atoms with Crippen LogP contribution in [0.15, 0.2) is 0 Å². The Hall–Kier alpha value is -0.0800. The van der Waals surface area contributed by atoms with Crippen LogP contribution in [0.2, 0.25) is 0 Å². The Balaban J connectivity index is 1.52. The fraction of sp³-hybridized carbons (Fsp3) is 1.00. The summed E-state index contributed by atoms with van der Waals surface area (Å²) in [5, 5.41) is 3.41. The highest BCUT2D eigenvalue weighted by atomic mass is 16.5. The van der Waals surface area contributed by atoms with Gasteiger partial charge in [0.1, 0.15) is 0 Å². The highest BCUT2D eigenvalue weighted by Crippen LogP contribution is 2.29. The second-order valence-electron chi connectivity index (χ2n) is 4.19. The van der Waals surface area contributed by atoms with E-state index in [4.69, 9.17) is 4.74 Å². The molecule has 1 unspecified atom stereocenters. The molecule has 0 amide bonds. The smallest absolute Gasteiger partial charge is 0.0506 e. The van der Waals surface area contributed by atoms with Crippen LogP contribution in [0.3, 0.4) is 0 Å². The lowest BCUT2D eigenvalue weighted by molar-refractivity contribution is 0.0825. The average Bonchev–Trinajstić information content (AvgIpc) is 2.90. The maximum atomic E-state index is 5.66. The normalized spacial score (nSPS) is 30.5. The van der Waals surface area contributed by atoms with Gasteiger partial charge in [0.05, 0.1) is 6.61 Å². The molecule has 12 heavy (non-hydrogen) atoms. The second-order valence-corrected chi connectivity index (χ2v) is 4.19. The minimum Gasteiger partial charge on any atom is -0.381 e. The van der Waals surface area contributed by atoms with Gasteiger partial charge in [-0.3, -0.25) is 0 Å². The van der Waals surface area contributed by atoms with Crippen molar-refractivity contribution in [2.45, 2.75) is 25.7 Å². The summed E-state index contributed by atoms with van der Waals surface area (Å²) in [5.74, 6) is 1.71. The third-order valence-electron chi connectivity index (χ3n) is 2.80. The first-order valence-corrected chi connectivity index (χ1v) is 5.23. The van der Waals surface area contributed by atoms with Crippen LogP contribution in [0.25, 0.3) is 0 Å². The summed E-state index contributed by atoms with van der Waals surface area (Å²) in [5.41, 5.74) is 0. The Morgan fingerprint density at radius 1 is 1.08 bits per heavy atom. The largest absolute Gasteiger partial charge is 0.381 e. The van der Waals surface area contributed by atoms with E-state index in [0.717, 1.165) is 25.0 Å². The van der Waals surface area contributed by atoms with Crippen LogP contribution in [0.5, 0.6) is 0 Å². The first kappa shape index (κ1) is 8.52. The van der Waals surface area contributed by atoms with Gasteiger partial charge in [-0.15, -0.1) is 0 Å². The van der Waals surface area contributed by atoms with E-state index in [1.165, 1.54) is 38.8 Å². The lowest BCUT2D eigenvalue weighted by Crippen LogP contribution is -2.32. The van der Waals surface area contributed by atoms with Crippen molar-refractivity contribution in [3.63, 3.8) is 0 Å². The summed E-state index contributed by atoms with van der Waals surface area (Å²) in [6.07, 6.45) is 5.50. The molecule has 2 rings (SSSR count). The molecule has 1 aliphatic heterocycles. The Labute approximate surface area is 74.7 Å². The molecule has 0 aromatic heterocycles. The number of piperidine rings is 1. The predicted octanol–water partition coefficient (Wildman–Crippen LogP) is 1.41. The summed E-state index contributed by atoms with van der Waals surface area (Å²) in [4.78, 5) is 0. The van der Waals surface area contributed by atoms with Gasteiger partial charge >= 0.3 is 0 Å². The van der Waals surface area contributed by atoms with Crippen molar-refractivity contribution in [1.29, 1.82) is 0 Å². The standard InChI is InChI=1S/C10H19NO/c1-2-10(6-11-5-1)8-12-7-9-3-4-9/h9-11H,1-8H2. The average molecular weight is 169 g/mol. The van der Waals surface area contributed by atoms with E-state index < -0.39 is 0 Å². The first-order valence-electron chi connectivity index (χ1n) is 5.23. The van der Waals surface area contributed by atoms with Gasteiger partial charge in [0.15, 0.2) is 0 Å². The van der Waals surface area contributed by atoms with Gasteiger partial charge < -0.3 is 10.1 Å². The summed E-state index contributed by atoms with van der Waals surface area (Å²) in [7, 11) is 0. The van der Waals surface area contributed by atoms with Gasteiger partial charge in [-0.05, 0) is 44.1 Å². The number of hydrogen-bond donors (Lipinski definition) is 1. The molecule has 1 N–H and O–H groups in total. The SMILES string of the molecule is C1CNCC(COCC2CC2)C1. The van der Waals surface area contributed by atoms with E-state index in [9.17, 15) is 0 Å². The van der Waals surface area contributed by atoms with Gasteiger partial charge in [0, 0.05) is 13.2 Å². The minimum absolute atomic E-state index is 0.789. The van der Waals surface area contributed by atoms with Crippen LogP contribution < -0.4 is 5.32 Å². The number of rotatable bonds is 4. The van der Waals surface area contributed by atoms with Crippen LogP contribution in [0.1, 0.15) is 25.7 Å². The summed E-state index contributed by atoms with van der Waals surface area (Å²) in [6.45, 7) is 4.39. The molecular formula is C10H19NO. The van der Waals surface area contributed by atoms with E-state index in [1.807, 2.05) is 0 Å². The van der Waals surface area contributed by atoms with Crippen LogP contribution >= 0.6 is 0 Å². The van der Waals surface area contributed by atoms with Gasteiger partial charge in [0.2, 0.25) is 0 Å². The number of hydrogen-bond acceptors (Lipinski definition) is 2. The zero-order valence-electron chi connectivity index (χ0n) is 7.72.